The van der Waals surface area contributed by atoms with Gasteiger partial charge in [0, 0.05) is 6.42 Å². The summed E-state index contributed by atoms with van der Waals surface area (Å²) in [7, 11) is 0. The Balaban J connectivity index is 3.72. The summed E-state index contributed by atoms with van der Waals surface area (Å²) in [6.07, 6.45) is 51.3. The molecule has 0 saturated heterocycles. The molecule has 0 bridgehead atoms. The number of hydrogen-bond donors (Lipinski definition) is 3. The van der Waals surface area contributed by atoms with Crippen LogP contribution in [0, 0.1) is 0 Å². The molecule has 0 aromatic heterocycles. The lowest BCUT2D eigenvalue weighted by atomic mass is 10.1. The van der Waals surface area contributed by atoms with Gasteiger partial charge in [-0.1, -0.05) is 151 Å². The molecule has 4 nitrogen and oxygen atoms in total. The van der Waals surface area contributed by atoms with Crippen LogP contribution in [0.2, 0.25) is 0 Å². The van der Waals surface area contributed by atoms with Gasteiger partial charge in [0.05, 0.1) is 18.8 Å². The molecule has 0 radical (unpaired) electrons. The van der Waals surface area contributed by atoms with Gasteiger partial charge in [0.1, 0.15) is 0 Å². The molecule has 0 heterocycles. The van der Waals surface area contributed by atoms with E-state index < -0.39 is 12.1 Å². The topological polar surface area (TPSA) is 69.6 Å². The second-order valence-electron chi connectivity index (χ2n) is 12.3. The summed E-state index contributed by atoms with van der Waals surface area (Å²) in [4.78, 5) is 12.3. The molecular formula is C41H71NO3. The van der Waals surface area contributed by atoms with Crippen LogP contribution in [-0.2, 0) is 4.79 Å². The van der Waals surface area contributed by atoms with Crippen LogP contribution in [0.3, 0.4) is 0 Å². The monoisotopic (exact) mass is 626 g/mol. The Morgan fingerprint density at radius 2 is 0.956 bits per heavy atom. The molecule has 0 fully saturated rings. The molecule has 0 rings (SSSR count). The van der Waals surface area contributed by atoms with E-state index in [0.717, 1.165) is 64.2 Å². The summed E-state index contributed by atoms with van der Waals surface area (Å²) in [5.41, 5.74) is 0. The van der Waals surface area contributed by atoms with Crippen LogP contribution < -0.4 is 5.32 Å². The Morgan fingerprint density at radius 3 is 1.51 bits per heavy atom. The largest absolute Gasteiger partial charge is 0.394 e. The Labute approximate surface area is 278 Å². The molecule has 4 heteroatoms. The Kier molecular flexibility index (Phi) is 34.5. The smallest absolute Gasteiger partial charge is 0.220 e. The van der Waals surface area contributed by atoms with E-state index >= 15 is 0 Å². The number of allylic oxidation sites excluding steroid dienone is 11. The van der Waals surface area contributed by atoms with Gasteiger partial charge in [-0.3, -0.25) is 4.79 Å². The lowest BCUT2D eigenvalue weighted by Gasteiger charge is -2.19. The van der Waals surface area contributed by atoms with Gasteiger partial charge in [0.2, 0.25) is 5.91 Å². The fraction of sp³-hybridized carbons (Fsp3) is 0.683. The molecular weight excluding hydrogens is 554 g/mol. The quantitative estimate of drug-likeness (QED) is 0.0514. The maximum absolute atomic E-state index is 12.3. The van der Waals surface area contributed by atoms with Crippen LogP contribution >= 0.6 is 0 Å². The van der Waals surface area contributed by atoms with E-state index in [-0.39, 0.29) is 12.5 Å². The lowest BCUT2D eigenvalue weighted by molar-refractivity contribution is -0.123. The van der Waals surface area contributed by atoms with E-state index in [0.29, 0.717) is 6.42 Å². The van der Waals surface area contributed by atoms with Crippen molar-refractivity contribution in [3.05, 3.63) is 72.9 Å². The van der Waals surface area contributed by atoms with E-state index in [4.69, 9.17) is 0 Å². The van der Waals surface area contributed by atoms with Crippen molar-refractivity contribution < 1.29 is 15.0 Å². The third-order valence-electron chi connectivity index (χ3n) is 7.89. The number of aliphatic hydroxyl groups is 2. The van der Waals surface area contributed by atoms with Crippen LogP contribution in [0.25, 0.3) is 0 Å². The third-order valence-corrected chi connectivity index (χ3v) is 7.89. The number of aliphatic hydroxyl groups excluding tert-OH is 2. The van der Waals surface area contributed by atoms with Crippen molar-refractivity contribution in [2.75, 3.05) is 6.61 Å². The molecule has 0 saturated carbocycles. The Morgan fingerprint density at radius 1 is 0.533 bits per heavy atom. The Bertz CT molecular complexity index is 808. The number of carbonyl (C=O) groups is 1. The lowest BCUT2D eigenvalue weighted by Crippen LogP contribution is -2.45. The minimum Gasteiger partial charge on any atom is -0.394 e. The highest BCUT2D eigenvalue weighted by molar-refractivity contribution is 5.76. The van der Waals surface area contributed by atoms with Gasteiger partial charge >= 0.3 is 0 Å². The van der Waals surface area contributed by atoms with Gasteiger partial charge in [0.15, 0.2) is 0 Å². The average molecular weight is 626 g/mol. The van der Waals surface area contributed by atoms with Gasteiger partial charge in [-0.2, -0.15) is 0 Å². The van der Waals surface area contributed by atoms with Crippen molar-refractivity contribution in [1.82, 2.24) is 5.32 Å². The van der Waals surface area contributed by atoms with E-state index in [9.17, 15) is 15.0 Å². The minimum atomic E-state index is -0.877. The van der Waals surface area contributed by atoms with Crippen molar-refractivity contribution in [3.63, 3.8) is 0 Å². The first-order chi connectivity index (χ1) is 22.2. The van der Waals surface area contributed by atoms with Gasteiger partial charge in [-0.25, -0.2) is 0 Å². The molecule has 3 N–H and O–H groups in total. The molecule has 2 unspecified atom stereocenters. The molecule has 0 aliphatic heterocycles. The van der Waals surface area contributed by atoms with Gasteiger partial charge in [-0.15, -0.1) is 0 Å². The number of nitrogens with one attached hydrogen (secondary N) is 1. The van der Waals surface area contributed by atoms with Crippen LogP contribution in [0.5, 0.6) is 0 Å². The summed E-state index contributed by atoms with van der Waals surface area (Å²) in [6.45, 7) is 4.20. The van der Waals surface area contributed by atoms with Crippen LogP contribution in [-0.4, -0.2) is 34.9 Å². The first kappa shape index (κ1) is 42.8. The Hall–Kier alpha value is -2.17. The molecule has 45 heavy (non-hydrogen) atoms. The summed E-state index contributed by atoms with van der Waals surface area (Å²) in [6, 6.07) is -0.654. The normalized spacial score (nSPS) is 14.0. The molecule has 0 aromatic rings. The summed E-state index contributed by atoms with van der Waals surface area (Å²) >= 11 is 0. The van der Waals surface area contributed by atoms with E-state index in [1.54, 1.807) is 6.08 Å². The third kappa shape index (κ3) is 33.0. The van der Waals surface area contributed by atoms with Crippen molar-refractivity contribution in [3.8, 4) is 0 Å². The van der Waals surface area contributed by atoms with Crippen LogP contribution in [0.1, 0.15) is 162 Å². The van der Waals surface area contributed by atoms with Crippen LogP contribution in [0.15, 0.2) is 72.9 Å². The standard InChI is InChI=1S/C41H71NO3/c1-3-5-7-9-11-13-15-17-18-19-20-21-22-23-24-25-27-29-31-33-35-37-41(45)42-39(38-43)40(44)36-34-32-30-28-26-16-14-12-10-8-6-4-2/h10,12,15,17,19-20,22-23,26,28,34,36,39-40,43-44H,3-9,11,13-14,16,18,21,24-25,27,29-33,35,37-38H2,1-2H3,(H,42,45)/b12-10+,17-15-,20-19-,23-22-,28-26+,36-34+. The number of unbranched alkanes of at least 4 members (excludes halogenated alkanes) is 15. The van der Waals surface area contributed by atoms with Crippen molar-refractivity contribution in [1.29, 1.82) is 0 Å². The van der Waals surface area contributed by atoms with Gasteiger partial charge in [-0.05, 0) is 77.0 Å². The first-order valence-corrected chi connectivity index (χ1v) is 18.7. The number of rotatable bonds is 32. The van der Waals surface area contributed by atoms with E-state index in [1.165, 1.54) is 77.0 Å². The highest BCUT2D eigenvalue weighted by Gasteiger charge is 2.17. The van der Waals surface area contributed by atoms with E-state index in [2.05, 4.69) is 79.9 Å². The molecule has 258 valence electrons. The summed E-state index contributed by atoms with van der Waals surface area (Å²) < 4.78 is 0. The minimum absolute atomic E-state index is 0.0961. The molecule has 0 aliphatic rings. The zero-order chi connectivity index (χ0) is 32.9. The van der Waals surface area contributed by atoms with Crippen molar-refractivity contribution >= 4 is 5.91 Å². The average Bonchev–Trinajstić information content (AvgIpc) is 3.04. The predicted octanol–water partition coefficient (Wildman–Crippen LogP) is 11.2. The maximum atomic E-state index is 12.3. The van der Waals surface area contributed by atoms with Crippen molar-refractivity contribution in [2.45, 2.75) is 174 Å². The maximum Gasteiger partial charge on any atom is 0.220 e. The van der Waals surface area contributed by atoms with Crippen molar-refractivity contribution in [2.24, 2.45) is 0 Å². The van der Waals surface area contributed by atoms with Crippen LogP contribution in [0.4, 0.5) is 0 Å². The number of carbonyl (C=O) groups excluding carboxylic acids is 1. The van der Waals surface area contributed by atoms with Gasteiger partial charge < -0.3 is 15.5 Å². The number of amides is 1. The zero-order valence-electron chi connectivity index (χ0n) is 29.4. The molecule has 0 spiro atoms. The zero-order valence-corrected chi connectivity index (χ0v) is 29.4. The summed E-state index contributed by atoms with van der Waals surface area (Å²) in [5.74, 6) is -0.0961. The summed E-state index contributed by atoms with van der Waals surface area (Å²) in [5, 5.41) is 22.8. The fourth-order valence-corrected chi connectivity index (χ4v) is 4.96. The second kappa shape index (κ2) is 36.3. The van der Waals surface area contributed by atoms with E-state index in [1.807, 2.05) is 6.08 Å². The SMILES string of the molecule is CCCC/C=C/CC/C=C/CC/C=C/C(O)C(CO)NC(=O)CCCCCCCC/C=C\C/C=C\C/C=C\CCCCCCC. The molecule has 0 aromatic carbocycles. The highest BCUT2D eigenvalue weighted by atomic mass is 16.3. The predicted molar refractivity (Wildman–Crippen MR) is 197 cm³/mol. The van der Waals surface area contributed by atoms with Gasteiger partial charge in [0.25, 0.3) is 0 Å². The highest BCUT2D eigenvalue weighted by Crippen LogP contribution is 2.10. The first-order valence-electron chi connectivity index (χ1n) is 18.7. The number of hydrogen-bond acceptors (Lipinski definition) is 3. The fourth-order valence-electron chi connectivity index (χ4n) is 4.96. The molecule has 0 aliphatic carbocycles. The second-order valence-corrected chi connectivity index (χ2v) is 12.3. The molecule has 2 atom stereocenters. The molecule has 1 amide bonds.